The van der Waals surface area contributed by atoms with Gasteiger partial charge in [0, 0.05) is 23.4 Å². The van der Waals surface area contributed by atoms with Gasteiger partial charge in [0.15, 0.2) is 0 Å². The van der Waals surface area contributed by atoms with E-state index in [1.807, 2.05) is 13.0 Å². The molecule has 4 heteroatoms. The minimum absolute atomic E-state index is 0.0303. The topological polar surface area (TPSA) is 22.1 Å². The number of hydrogen-bond donors (Lipinski definition) is 0. The average Bonchev–Trinajstić information content (AvgIpc) is 2.28. The molecule has 0 unspecified atom stereocenters. The second-order valence-electron chi connectivity index (χ2n) is 3.64. The van der Waals surface area contributed by atoms with Crippen molar-refractivity contribution in [1.82, 2.24) is 4.98 Å². The Balaban J connectivity index is 2.07. The maximum absolute atomic E-state index is 13.3. The Labute approximate surface area is 97.9 Å². The summed E-state index contributed by atoms with van der Waals surface area (Å²) in [5, 5.41) is 0. The van der Waals surface area contributed by atoms with Crippen LogP contribution in [0.2, 0.25) is 0 Å². The lowest BCUT2D eigenvalue weighted by Gasteiger charge is -2.06. The molecule has 88 valence electrons. The van der Waals surface area contributed by atoms with Crippen LogP contribution in [0.4, 0.5) is 8.78 Å². The van der Waals surface area contributed by atoms with Gasteiger partial charge < -0.3 is 4.74 Å². The van der Waals surface area contributed by atoms with E-state index in [1.165, 1.54) is 12.1 Å². The Bertz CT molecular complexity index is 529. The van der Waals surface area contributed by atoms with E-state index < -0.39 is 11.6 Å². The van der Waals surface area contributed by atoms with Gasteiger partial charge in [0.2, 0.25) is 5.88 Å². The maximum Gasteiger partial charge on any atom is 0.213 e. The SMILES string of the molecule is Cc1cccc(OCc2ccc(F)cc2F)n1. The van der Waals surface area contributed by atoms with Crippen LogP contribution in [-0.2, 0) is 6.61 Å². The van der Waals surface area contributed by atoms with Gasteiger partial charge in [0.05, 0.1) is 0 Å². The lowest BCUT2D eigenvalue weighted by Crippen LogP contribution is -2.00. The third-order valence-electron chi connectivity index (χ3n) is 2.25. The molecule has 17 heavy (non-hydrogen) atoms. The second kappa shape index (κ2) is 4.91. The summed E-state index contributed by atoms with van der Waals surface area (Å²) in [4.78, 5) is 4.12. The summed E-state index contributed by atoms with van der Waals surface area (Å²) in [6, 6.07) is 8.73. The summed E-state index contributed by atoms with van der Waals surface area (Å²) in [7, 11) is 0. The van der Waals surface area contributed by atoms with E-state index in [1.54, 1.807) is 12.1 Å². The van der Waals surface area contributed by atoms with Gasteiger partial charge in [0.1, 0.15) is 18.2 Å². The van der Waals surface area contributed by atoms with Crippen LogP contribution in [-0.4, -0.2) is 4.98 Å². The first kappa shape index (κ1) is 11.5. The molecule has 1 aromatic heterocycles. The first-order chi connectivity index (χ1) is 8.15. The number of ether oxygens (including phenoxy) is 1. The molecule has 0 atom stereocenters. The molecule has 0 fully saturated rings. The van der Waals surface area contributed by atoms with Crippen LogP contribution in [0.25, 0.3) is 0 Å². The molecule has 1 aromatic carbocycles. The Hall–Kier alpha value is -1.97. The van der Waals surface area contributed by atoms with E-state index in [0.29, 0.717) is 11.4 Å². The third-order valence-corrected chi connectivity index (χ3v) is 2.25. The summed E-state index contributed by atoms with van der Waals surface area (Å²) in [5.41, 5.74) is 1.12. The number of pyridine rings is 1. The zero-order valence-electron chi connectivity index (χ0n) is 9.28. The van der Waals surface area contributed by atoms with Crippen molar-refractivity contribution in [2.75, 3.05) is 0 Å². The summed E-state index contributed by atoms with van der Waals surface area (Å²) >= 11 is 0. The fourth-order valence-electron chi connectivity index (χ4n) is 1.39. The Kier molecular flexibility index (Phi) is 3.32. The first-order valence-corrected chi connectivity index (χ1v) is 5.15. The molecule has 0 aliphatic heterocycles. The Morgan fingerprint density at radius 2 is 2.00 bits per heavy atom. The number of aromatic nitrogens is 1. The van der Waals surface area contributed by atoms with Gasteiger partial charge in [-0.25, -0.2) is 13.8 Å². The molecule has 2 nitrogen and oxygen atoms in total. The predicted molar refractivity (Wildman–Crippen MR) is 59.7 cm³/mol. The minimum atomic E-state index is -0.613. The van der Waals surface area contributed by atoms with E-state index in [-0.39, 0.29) is 6.61 Å². The molecule has 0 N–H and O–H groups in total. The summed E-state index contributed by atoms with van der Waals surface area (Å²) < 4.78 is 31.3. The van der Waals surface area contributed by atoms with Gasteiger partial charge in [-0.2, -0.15) is 0 Å². The van der Waals surface area contributed by atoms with Crippen LogP contribution in [0.1, 0.15) is 11.3 Å². The molecule has 1 heterocycles. The smallest absolute Gasteiger partial charge is 0.213 e. The van der Waals surface area contributed by atoms with Crippen molar-refractivity contribution >= 4 is 0 Å². The maximum atomic E-state index is 13.3. The highest BCUT2D eigenvalue weighted by atomic mass is 19.1. The normalized spacial score (nSPS) is 10.3. The lowest BCUT2D eigenvalue weighted by molar-refractivity contribution is 0.287. The Morgan fingerprint density at radius 3 is 2.71 bits per heavy atom. The molecule has 0 saturated carbocycles. The zero-order chi connectivity index (χ0) is 12.3. The lowest BCUT2D eigenvalue weighted by atomic mass is 10.2. The van der Waals surface area contributed by atoms with Crippen LogP contribution < -0.4 is 4.74 Å². The van der Waals surface area contributed by atoms with Crippen LogP contribution >= 0.6 is 0 Å². The molecular weight excluding hydrogens is 224 g/mol. The third kappa shape index (κ3) is 3.00. The zero-order valence-corrected chi connectivity index (χ0v) is 9.28. The first-order valence-electron chi connectivity index (χ1n) is 5.15. The molecule has 0 aliphatic rings. The van der Waals surface area contributed by atoms with Crippen molar-refractivity contribution in [2.24, 2.45) is 0 Å². The van der Waals surface area contributed by atoms with Crippen LogP contribution in [0.5, 0.6) is 5.88 Å². The molecular formula is C13H11F2NO. The number of benzene rings is 1. The number of nitrogens with zero attached hydrogens (tertiary/aromatic N) is 1. The quantitative estimate of drug-likeness (QED) is 0.814. The molecule has 0 radical (unpaired) electrons. The fraction of sp³-hybridized carbons (Fsp3) is 0.154. The summed E-state index contributed by atoms with van der Waals surface area (Å²) in [6.45, 7) is 1.87. The Morgan fingerprint density at radius 1 is 1.18 bits per heavy atom. The summed E-state index contributed by atoms with van der Waals surface area (Å²) in [5.74, 6) is -0.786. The highest BCUT2D eigenvalue weighted by Gasteiger charge is 2.05. The highest BCUT2D eigenvalue weighted by Crippen LogP contribution is 2.13. The van der Waals surface area contributed by atoms with Crippen LogP contribution in [0, 0.1) is 18.6 Å². The molecule has 0 amide bonds. The largest absolute Gasteiger partial charge is 0.473 e. The molecule has 0 aliphatic carbocycles. The van der Waals surface area contributed by atoms with Crippen molar-refractivity contribution in [3.8, 4) is 5.88 Å². The van der Waals surface area contributed by atoms with Crippen molar-refractivity contribution in [1.29, 1.82) is 0 Å². The van der Waals surface area contributed by atoms with Gasteiger partial charge in [0.25, 0.3) is 0 Å². The average molecular weight is 235 g/mol. The number of aryl methyl sites for hydroxylation is 1. The predicted octanol–water partition coefficient (Wildman–Crippen LogP) is 3.25. The van der Waals surface area contributed by atoms with E-state index in [0.717, 1.165) is 11.8 Å². The van der Waals surface area contributed by atoms with Gasteiger partial charge in [-0.05, 0) is 25.1 Å². The molecule has 0 bridgehead atoms. The van der Waals surface area contributed by atoms with Crippen molar-refractivity contribution in [2.45, 2.75) is 13.5 Å². The van der Waals surface area contributed by atoms with Crippen LogP contribution in [0.15, 0.2) is 36.4 Å². The van der Waals surface area contributed by atoms with E-state index >= 15 is 0 Å². The molecule has 0 spiro atoms. The number of rotatable bonds is 3. The molecule has 2 aromatic rings. The van der Waals surface area contributed by atoms with Gasteiger partial charge in [-0.15, -0.1) is 0 Å². The minimum Gasteiger partial charge on any atom is -0.473 e. The van der Waals surface area contributed by atoms with Crippen molar-refractivity contribution < 1.29 is 13.5 Å². The van der Waals surface area contributed by atoms with Gasteiger partial charge in [-0.3, -0.25) is 0 Å². The standard InChI is InChI=1S/C13H11F2NO/c1-9-3-2-4-13(16-9)17-8-10-5-6-11(14)7-12(10)15/h2-7H,8H2,1H3. The van der Waals surface area contributed by atoms with E-state index in [9.17, 15) is 8.78 Å². The molecule has 2 rings (SSSR count). The van der Waals surface area contributed by atoms with Crippen molar-refractivity contribution in [3.05, 3.63) is 59.3 Å². The summed E-state index contributed by atoms with van der Waals surface area (Å²) in [6.07, 6.45) is 0. The molecule has 0 saturated heterocycles. The van der Waals surface area contributed by atoms with Gasteiger partial charge in [-0.1, -0.05) is 6.07 Å². The van der Waals surface area contributed by atoms with E-state index in [2.05, 4.69) is 4.98 Å². The van der Waals surface area contributed by atoms with Gasteiger partial charge >= 0.3 is 0 Å². The van der Waals surface area contributed by atoms with Crippen LogP contribution in [0.3, 0.4) is 0 Å². The van der Waals surface area contributed by atoms with Crippen molar-refractivity contribution in [3.63, 3.8) is 0 Å². The van der Waals surface area contributed by atoms with E-state index in [4.69, 9.17) is 4.74 Å². The number of hydrogen-bond acceptors (Lipinski definition) is 2. The second-order valence-corrected chi connectivity index (χ2v) is 3.64. The highest BCUT2D eigenvalue weighted by molar-refractivity contribution is 5.19. The monoisotopic (exact) mass is 235 g/mol. The number of halogens is 2. The fourth-order valence-corrected chi connectivity index (χ4v) is 1.39.